The van der Waals surface area contributed by atoms with Gasteiger partial charge in [0.1, 0.15) is 17.4 Å². The van der Waals surface area contributed by atoms with E-state index in [9.17, 15) is 0 Å². The van der Waals surface area contributed by atoms with Gasteiger partial charge in [-0.3, -0.25) is 0 Å². The molecule has 0 radical (unpaired) electrons. The first kappa shape index (κ1) is 18.9. The van der Waals surface area contributed by atoms with E-state index in [1.54, 1.807) is 16.9 Å². The fourth-order valence-corrected chi connectivity index (χ4v) is 3.43. The number of ether oxygens (including phenoxy) is 2. The Morgan fingerprint density at radius 1 is 1.20 bits per heavy atom. The number of rotatable bonds is 5. The second-order valence-electron chi connectivity index (χ2n) is 9.04. The van der Waals surface area contributed by atoms with Crippen molar-refractivity contribution in [3.05, 3.63) is 36.7 Å². The van der Waals surface area contributed by atoms with Crippen LogP contribution in [-0.2, 0) is 0 Å². The van der Waals surface area contributed by atoms with Gasteiger partial charge in [-0.05, 0) is 30.4 Å². The monoisotopic (exact) mass is 407 g/mol. The number of furan rings is 1. The molecule has 0 atom stereocenters. The molecule has 0 bridgehead atoms. The summed E-state index contributed by atoms with van der Waals surface area (Å²) in [5, 5.41) is 5.43. The van der Waals surface area contributed by atoms with Crippen molar-refractivity contribution in [1.82, 2.24) is 19.6 Å². The number of aromatic nitrogens is 4. The molecule has 0 aliphatic heterocycles. The van der Waals surface area contributed by atoms with E-state index >= 15 is 0 Å². The minimum atomic E-state index is 0.0305. The lowest BCUT2D eigenvalue weighted by Crippen LogP contribution is -2.43. The van der Waals surface area contributed by atoms with E-state index in [4.69, 9.17) is 19.6 Å². The predicted molar refractivity (Wildman–Crippen MR) is 113 cm³/mol. The number of nitrogens with two attached hydrogens (primary N) is 1. The molecule has 4 heterocycles. The summed E-state index contributed by atoms with van der Waals surface area (Å²) in [6.07, 6.45) is 5.26. The van der Waals surface area contributed by atoms with E-state index in [0.29, 0.717) is 35.4 Å². The van der Waals surface area contributed by atoms with Gasteiger partial charge in [-0.15, -0.1) is 5.10 Å². The SMILES string of the molecule is CC(C)(C)COc1nccc2oc(-c3cnc4ccc(O[C@H]5C[C@H](N)C5)nn34)cc12. The van der Waals surface area contributed by atoms with Gasteiger partial charge >= 0.3 is 0 Å². The van der Waals surface area contributed by atoms with E-state index in [2.05, 4.69) is 35.8 Å². The minimum absolute atomic E-state index is 0.0305. The molecule has 4 aromatic heterocycles. The van der Waals surface area contributed by atoms with Crippen molar-refractivity contribution < 1.29 is 13.9 Å². The molecule has 1 aliphatic carbocycles. The summed E-state index contributed by atoms with van der Waals surface area (Å²) < 4.78 is 19.7. The maximum absolute atomic E-state index is 6.08. The maximum atomic E-state index is 6.08. The average molecular weight is 407 g/mol. The number of imidazole rings is 1. The molecule has 0 aromatic carbocycles. The van der Waals surface area contributed by atoms with Gasteiger partial charge < -0.3 is 19.6 Å². The van der Waals surface area contributed by atoms with E-state index < -0.39 is 0 Å². The summed E-state index contributed by atoms with van der Waals surface area (Å²) in [6.45, 7) is 6.92. The lowest BCUT2D eigenvalue weighted by atomic mass is 9.90. The number of hydrogen-bond acceptors (Lipinski definition) is 7. The Balaban J connectivity index is 1.48. The van der Waals surface area contributed by atoms with Crippen molar-refractivity contribution in [3.63, 3.8) is 0 Å². The van der Waals surface area contributed by atoms with Gasteiger partial charge in [0.2, 0.25) is 11.8 Å². The Morgan fingerprint density at radius 3 is 2.80 bits per heavy atom. The average Bonchev–Trinajstić information content (AvgIpc) is 3.28. The molecule has 0 amide bonds. The molecule has 0 unspecified atom stereocenters. The van der Waals surface area contributed by atoms with E-state index in [0.717, 1.165) is 23.9 Å². The Hall–Kier alpha value is -3.13. The molecular formula is C22H25N5O3. The lowest BCUT2D eigenvalue weighted by Gasteiger charge is -2.31. The van der Waals surface area contributed by atoms with Crippen molar-refractivity contribution in [2.24, 2.45) is 11.1 Å². The van der Waals surface area contributed by atoms with Crippen LogP contribution in [0.3, 0.4) is 0 Å². The zero-order valence-corrected chi connectivity index (χ0v) is 17.3. The molecular weight excluding hydrogens is 382 g/mol. The third kappa shape index (κ3) is 3.59. The van der Waals surface area contributed by atoms with Gasteiger partial charge in [-0.25, -0.2) is 14.5 Å². The van der Waals surface area contributed by atoms with Crippen LogP contribution in [0.25, 0.3) is 28.1 Å². The van der Waals surface area contributed by atoms with E-state index in [-0.39, 0.29) is 17.6 Å². The second kappa shape index (κ2) is 6.98. The fraction of sp³-hybridized carbons (Fsp3) is 0.409. The predicted octanol–water partition coefficient (Wildman–Crippen LogP) is 3.83. The Morgan fingerprint density at radius 2 is 2.03 bits per heavy atom. The zero-order chi connectivity index (χ0) is 20.9. The first-order valence-corrected chi connectivity index (χ1v) is 10.1. The topological polar surface area (TPSA) is 101 Å². The molecule has 8 nitrogen and oxygen atoms in total. The third-order valence-electron chi connectivity index (χ3n) is 5.06. The van der Waals surface area contributed by atoms with Crippen LogP contribution in [-0.4, -0.2) is 38.3 Å². The van der Waals surface area contributed by atoms with Gasteiger partial charge in [0.05, 0.1) is 18.2 Å². The van der Waals surface area contributed by atoms with Gasteiger partial charge in [0.15, 0.2) is 11.4 Å². The third-order valence-corrected chi connectivity index (χ3v) is 5.06. The van der Waals surface area contributed by atoms with Crippen molar-refractivity contribution in [3.8, 4) is 23.2 Å². The molecule has 2 N–H and O–H groups in total. The van der Waals surface area contributed by atoms with Crippen LogP contribution in [0.5, 0.6) is 11.8 Å². The van der Waals surface area contributed by atoms with Crippen LogP contribution in [0, 0.1) is 5.41 Å². The molecule has 1 fully saturated rings. The van der Waals surface area contributed by atoms with Gasteiger partial charge in [0, 0.05) is 24.4 Å². The molecule has 156 valence electrons. The van der Waals surface area contributed by atoms with Crippen LogP contribution in [0.15, 0.2) is 41.1 Å². The fourth-order valence-electron chi connectivity index (χ4n) is 3.43. The van der Waals surface area contributed by atoms with E-state index in [1.807, 2.05) is 24.3 Å². The molecule has 30 heavy (non-hydrogen) atoms. The molecule has 4 aromatic rings. The number of hydrogen-bond donors (Lipinski definition) is 1. The summed E-state index contributed by atoms with van der Waals surface area (Å²) in [5.41, 5.74) is 8.03. The van der Waals surface area contributed by atoms with Crippen molar-refractivity contribution >= 4 is 16.6 Å². The summed E-state index contributed by atoms with van der Waals surface area (Å²) in [6, 6.07) is 7.68. The Kier molecular flexibility index (Phi) is 4.39. The highest BCUT2D eigenvalue weighted by Crippen LogP contribution is 2.33. The van der Waals surface area contributed by atoms with Gasteiger partial charge in [-0.1, -0.05) is 20.8 Å². The van der Waals surface area contributed by atoms with Crippen LogP contribution in [0.4, 0.5) is 0 Å². The maximum Gasteiger partial charge on any atom is 0.232 e. The number of pyridine rings is 1. The molecule has 1 saturated carbocycles. The quantitative estimate of drug-likeness (QED) is 0.536. The van der Waals surface area contributed by atoms with Crippen LogP contribution >= 0.6 is 0 Å². The highest BCUT2D eigenvalue weighted by molar-refractivity contribution is 5.86. The van der Waals surface area contributed by atoms with Crippen molar-refractivity contribution in [1.29, 1.82) is 0 Å². The molecule has 0 saturated heterocycles. The summed E-state index contributed by atoms with van der Waals surface area (Å²) >= 11 is 0. The molecule has 5 rings (SSSR count). The Bertz CT molecular complexity index is 1200. The largest absolute Gasteiger partial charge is 0.477 e. The highest BCUT2D eigenvalue weighted by Gasteiger charge is 2.28. The second-order valence-corrected chi connectivity index (χ2v) is 9.04. The Labute approximate surface area is 174 Å². The van der Waals surface area contributed by atoms with Crippen molar-refractivity contribution in [2.45, 2.75) is 45.8 Å². The first-order valence-electron chi connectivity index (χ1n) is 10.1. The lowest BCUT2D eigenvalue weighted by molar-refractivity contribution is 0.0944. The smallest absolute Gasteiger partial charge is 0.232 e. The van der Waals surface area contributed by atoms with Gasteiger partial charge in [-0.2, -0.15) is 0 Å². The zero-order valence-electron chi connectivity index (χ0n) is 17.3. The molecule has 0 spiro atoms. The van der Waals surface area contributed by atoms with Crippen LogP contribution in [0.2, 0.25) is 0 Å². The van der Waals surface area contributed by atoms with Crippen LogP contribution < -0.4 is 15.2 Å². The minimum Gasteiger partial charge on any atom is -0.477 e. The summed E-state index contributed by atoms with van der Waals surface area (Å²) in [5.74, 6) is 1.75. The number of nitrogens with zero attached hydrogens (tertiary/aromatic N) is 4. The standard InChI is InChI=1S/C22H25N5O3/c1-22(2,3)12-28-21-15-10-18(30-17(15)6-7-24-21)16-11-25-19-4-5-20(26-27(16)19)29-14-8-13(23)9-14/h4-7,10-11,13-14H,8-9,12,23H2,1-3H3/t13-,14-. The molecule has 8 heteroatoms. The number of fused-ring (bicyclic) bond motifs is 2. The van der Waals surface area contributed by atoms with Gasteiger partial charge in [0.25, 0.3) is 0 Å². The summed E-state index contributed by atoms with van der Waals surface area (Å²) in [7, 11) is 0. The van der Waals surface area contributed by atoms with Crippen LogP contribution in [0.1, 0.15) is 33.6 Å². The first-order chi connectivity index (χ1) is 14.4. The molecule has 1 aliphatic rings. The van der Waals surface area contributed by atoms with Crippen molar-refractivity contribution in [2.75, 3.05) is 6.61 Å². The normalized spacial score (nSPS) is 19.2. The summed E-state index contributed by atoms with van der Waals surface area (Å²) in [4.78, 5) is 8.83. The van der Waals surface area contributed by atoms with E-state index in [1.165, 1.54) is 0 Å². The highest BCUT2D eigenvalue weighted by atomic mass is 16.5.